The van der Waals surface area contributed by atoms with Gasteiger partial charge in [0, 0.05) is 0 Å². The van der Waals surface area contributed by atoms with Crippen molar-refractivity contribution in [1.82, 2.24) is 0 Å². The van der Waals surface area contributed by atoms with Gasteiger partial charge < -0.3 is 0 Å². The quantitative estimate of drug-likeness (QED) is 0.411. The van der Waals surface area contributed by atoms with Crippen molar-refractivity contribution in [3.05, 3.63) is 0 Å². The van der Waals surface area contributed by atoms with Crippen molar-refractivity contribution in [2.45, 2.75) is 140 Å². The summed E-state index contributed by atoms with van der Waals surface area (Å²) in [4.78, 5) is 0. The number of rotatable bonds is 6. The van der Waals surface area contributed by atoms with Gasteiger partial charge in [-0.25, -0.2) is 8.42 Å². The SMILES string of the molecule is CC1CCC(C2CCC(CCC3CCC(S(=O)(=O)C4CCC(C)CC4)CC3)CC2)CC1. The Labute approximate surface area is 193 Å². The number of hydrogen-bond donors (Lipinski definition) is 0. The summed E-state index contributed by atoms with van der Waals surface area (Å²) in [6, 6.07) is 0. The van der Waals surface area contributed by atoms with Gasteiger partial charge in [-0.1, -0.05) is 52.4 Å². The second kappa shape index (κ2) is 10.9. The van der Waals surface area contributed by atoms with Gasteiger partial charge in [0.05, 0.1) is 10.5 Å². The van der Waals surface area contributed by atoms with Crippen LogP contribution in [0.5, 0.6) is 0 Å². The van der Waals surface area contributed by atoms with Crippen LogP contribution in [0, 0.1) is 35.5 Å². The molecule has 0 spiro atoms. The molecule has 0 aromatic heterocycles. The summed E-state index contributed by atoms with van der Waals surface area (Å²) in [6.07, 6.45) is 23.0. The van der Waals surface area contributed by atoms with E-state index < -0.39 is 9.84 Å². The molecule has 0 heterocycles. The Morgan fingerprint density at radius 1 is 0.484 bits per heavy atom. The van der Waals surface area contributed by atoms with E-state index in [4.69, 9.17) is 0 Å². The average molecular weight is 451 g/mol. The van der Waals surface area contributed by atoms with E-state index in [2.05, 4.69) is 13.8 Å². The van der Waals surface area contributed by atoms with E-state index in [1.807, 2.05) is 0 Å². The van der Waals surface area contributed by atoms with E-state index in [1.165, 1.54) is 77.0 Å². The Bertz CT molecular complexity index is 624. The van der Waals surface area contributed by atoms with Gasteiger partial charge in [-0.05, 0) is 113 Å². The number of hydrogen-bond acceptors (Lipinski definition) is 2. The van der Waals surface area contributed by atoms with E-state index in [0.717, 1.165) is 74.0 Å². The molecular weight excluding hydrogens is 400 g/mol. The van der Waals surface area contributed by atoms with Crippen LogP contribution in [0.2, 0.25) is 0 Å². The predicted octanol–water partition coefficient (Wildman–Crippen LogP) is 7.95. The largest absolute Gasteiger partial charge is 0.228 e. The third-order valence-electron chi connectivity index (χ3n) is 10.3. The highest BCUT2D eigenvalue weighted by Crippen LogP contribution is 2.43. The Balaban J connectivity index is 1.13. The van der Waals surface area contributed by atoms with Crippen LogP contribution in [-0.4, -0.2) is 18.9 Å². The van der Waals surface area contributed by atoms with Gasteiger partial charge in [0.1, 0.15) is 0 Å². The molecule has 0 N–H and O–H groups in total. The van der Waals surface area contributed by atoms with E-state index in [0.29, 0.717) is 0 Å². The lowest BCUT2D eigenvalue weighted by atomic mass is 9.68. The van der Waals surface area contributed by atoms with Crippen LogP contribution in [0.15, 0.2) is 0 Å². The lowest BCUT2D eigenvalue weighted by molar-refractivity contribution is 0.143. The van der Waals surface area contributed by atoms with Crippen molar-refractivity contribution in [1.29, 1.82) is 0 Å². The van der Waals surface area contributed by atoms with Crippen molar-refractivity contribution in [2.75, 3.05) is 0 Å². The van der Waals surface area contributed by atoms with Crippen LogP contribution in [0.1, 0.15) is 129 Å². The first-order valence-electron chi connectivity index (χ1n) is 14.1. The molecule has 4 fully saturated rings. The molecule has 0 unspecified atom stereocenters. The minimum atomic E-state index is -2.89. The summed E-state index contributed by atoms with van der Waals surface area (Å²) < 4.78 is 26.3. The molecule has 0 aliphatic heterocycles. The van der Waals surface area contributed by atoms with Gasteiger partial charge in [-0.2, -0.15) is 0 Å². The fourth-order valence-corrected chi connectivity index (χ4v) is 10.2. The Morgan fingerprint density at radius 2 is 0.806 bits per heavy atom. The molecule has 4 rings (SSSR count). The zero-order valence-electron chi connectivity index (χ0n) is 20.6. The van der Waals surface area contributed by atoms with Gasteiger partial charge >= 0.3 is 0 Å². The Hall–Kier alpha value is -0.0500. The first-order chi connectivity index (χ1) is 14.9. The van der Waals surface area contributed by atoms with Gasteiger partial charge in [0.15, 0.2) is 9.84 Å². The molecule has 3 heteroatoms. The molecule has 0 radical (unpaired) electrons. The summed E-state index contributed by atoms with van der Waals surface area (Å²) in [6.45, 7) is 4.71. The topological polar surface area (TPSA) is 34.1 Å². The number of sulfone groups is 1. The maximum Gasteiger partial charge on any atom is 0.156 e. The van der Waals surface area contributed by atoms with Crippen molar-refractivity contribution in [3.8, 4) is 0 Å². The smallest absolute Gasteiger partial charge is 0.156 e. The van der Waals surface area contributed by atoms with Crippen LogP contribution in [0.25, 0.3) is 0 Å². The van der Waals surface area contributed by atoms with Crippen molar-refractivity contribution in [3.63, 3.8) is 0 Å². The minimum Gasteiger partial charge on any atom is -0.228 e. The Morgan fingerprint density at radius 3 is 1.26 bits per heavy atom. The molecule has 0 bridgehead atoms. The van der Waals surface area contributed by atoms with Gasteiger partial charge in [0.2, 0.25) is 0 Å². The maximum absolute atomic E-state index is 13.1. The normalized spacial score (nSPS) is 42.9. The third-order valence-corrected chi connectivity index (χ3v) is 13.1. The minimum absolute atomic E-state index is 0.0178. The van der Waals surface area contributed by atoms with Gasteiger partial charge in [-0.3, -0.25) is 0 Å². The molecule has 4 saturated carbocycles. The van der Waals surface area contributed by atoms with Crippen LogP contribution in [0.4, 0.5) is 0 Å². The van der Waals surface area contributed by atoms with Crippen LogP contribution in [0.3, 0.4) is 0 Å². The highest BCUT2D eigenvalue weighted by atomic mass is 32.2. The summed E-state index contributed by atoms with van der Waals surface area (Å²) >= 11 is 0. The highest BCUT2D eigenvalue weighted by Gasteiger charge is 2.38. The van der Waals surface area contributed by atoms with Crippen LogP contribution < -0.4 is 0 Å². The second-order valence-electron chi connectivity index (χ2n) is 12.5. The zero-order chi connectivity index (χ0) is 21.8. The molecule has 0 aromatic rings. The molecule has 0 saturated heterocycles. The molecule has 0 atom stereocenters. The molecule has 0 amide bonds. The fraction of sp³-hybridized carbons (Fsp3) is 1.00. The first kappa shape index (κ1) is 24.1. The summed E-state index contributed by atoms with van der Waals surface area (Å²) in [7, 11) is -2.89. The van der Waals surface area contributed by atoms with Crippen LogP contribution in [-0.2, 0) is 9.84 Å². The lowest BCUT2D eigenvalue weighted by Gasteiger charge is -2.38. The highest BCUT2D eigenvalue weighted by molar-refractivity contribution is 7.92. The van der Waals surface area contributed by atoms with E-state index in [1.54, 1.807) is 0 Å². The van der Waals surface area contributed by atoms with Crippen LogP contribution >= 0.6 is 0 Å². The fourth-order valence-electron chi connectivity index (χ4n) is 7.76. The summed E-state index contributed by atoms with van der Waals surface area (Å²) in [5.74, 6) is 5.54. The predicted molar refractivity (Wildman–Crippen MR) is 132 cm³/mol. The molecule has 4 aliphatic rings. The van der Waals surface area contributed by atoms with E-state index in [9.17, 15) is 8.42 Å². The zero-order valence-corrected chi connectivity index (χ0v) is 21.4. The second-order valence-corrected chi connectivity index (χ2v) is 15.0. The lowest BCUT2D eigenvalue weighted by Crippen LogP contribution is -2.37. The van der Waals surface area contributed by atoms with E-state index >= 15 is 0 Å². The Kier molecular flexibility index (Phi) is 8.48. The van der Waals surface area contributed by atoms with Gasteiger partial charge in [0.25, 0.3) is 0 Å². The third kappa shape index (κ3) is 6.30. The van der Waals surface area contributed by atoms with E-state index in [-0.39, 0.29) is 10.5 Å². The van der Waals surface area contributed by atoms with Crippen molar-refractivity contribution >= 4 is 9.84 Å². The van der Waals surface area contributed by atoms with Crippen molar-refractivity contribution < 1.29 is 8.42 Å². The molecule has 0 aromatic carbocycles. The molecule has 4 aliphatic carbocycles. The molecular formula is C28H50O2S. The molecule has 31 heavy (non-hydrogen) atoms. The maximum atomic E-state index is 13.1. The summed E-state index contributed by atoms with van der Waals surface area (Å²) in [5.41, 5.74) is 0. The first-order valence-corrected chi connectivity index (χ1v) is 15.8. The molecule has 180 valence electrons. The molecule has 2 nitrogen and oxygen atoms in total. The average Bonchev–Trinajstić information content (AvgIpc) is 2.79. The standard InChI is InChI=1S/C28H50O2S/c1-21-3-13-25(14-4-21)26-15-9-23(10-16-26)7-8-24-11-19-28(20-12-24)31(29,30)27-17-5-22(2)6-18-27/h21-28H,3-20H2,1-2H3. The van der Waals surface area contributed by atoms with Crippen molar-refractivity contribution in [2.24, 2.45) is 35.5 Å². The summed E-state index contributed by atoms with van der Waals surface area (Å²) in [5, 5.41) is -0.0383. The van der Waals surface area contributed by atoms with Gasteiger partial charge in [-0.15, -0.1) is 0 Å². The monoisotopic (exact) mass is 450 g/mol.